The normalized spacial score (nSPS) is 19.0. The number of halogens is 3. The number of nitrogens with zero attached hydrogens (tertiary/aromatic N) is 2. The highest BCUT2D eigenvalue weighted by molar-refractivity contribution is 6.61. The van der Waals surface area contributed by atoms with Crippen molar-refractivity contribution < 1.29 is 22.5 Å². The first-order valence-corrected chi connectivity index (χ1v) is 8.28. The van der Waals surface area contributed by atoms with E-state index < -0.39 is 30.1 Å². The summed E-state index contributed by atoms with van der Waals surface area (Å²) in [6, 6.07) is 6.85. The van der Waals surface area contributed by atoms with Gasteiger partial charge in [-0.2, -0.15) is 13.2 Å². The minimum absolute atomic E-state index is 0.00303. The molecule has 0 atom stereocenters. The Bertz CT molecular complexity index is 821. The van der Waals surface area contributed by atoms with Gasteiger partial charge in [0.25, 0.3) is 0 Å². The molecule has 1 aromatic heterocycles. The lowest BCUT2D eigenvalue weighted by Gasteiger charge is -2.32. The molecule has 1 saturated heterocycles. The second kappa shape index (κ2) is 6.06. The third kappa shape index (κ3) is 3.35. The van der Waals surface area contributed by atoms with Gasteiger partial charge in [0, 0.05) is 5.56 Å². The molecule has 1 aliphatic heterocycles. The van der Waals surface area contributed by atoms with E-state index in [2.05, 4.69) is 9.97 Å². The van der Waals surface area contributed by atoms with Crippen molar-refractivity contribution in [3.8, 4) is 11.3 Å². The lowest BCUT2D eigenvalue weighted by atomic mass is 9.83. The Morgan fingerprint density at radius 1 is 0.962 bits per heavy atom. The number of rotatable bonds is 2. The van der Waals surface area contributed by atoms with Crippen LogP contribution < -0.4 is 5.59 Å². The molecule has 0 radical (unpaired) electrons. The second-order valence-corrected chi connectivity index (χ2v) is 7.36. The van der Waals surface area contributed by atoms with E-state index in [1.165, 1.54) is 18.2 Å². The fourth-order valence-electron chi connectivity index (χ4n) is 2.77. The minimum Gasteiger partial charge on any atom is -0.398 e. The van der Waals surface area contributed by atoms with E-state index in [0.717, 1.165) is 6.07 Å². The average Bonchev–Trinajstić information content (AvgIpc) is 2.74. The molecule has 0 saturated carbocycles. The maximum Gasteiger partial charge on any atom is 0.514 e. The zero-order valence-corrected chi connectivity index (χ0v) is 15.3. The first-order chi connectivity index (χ1) is 11.9. The Morgan fingerprint density at radius 3 is 2.12 bits per heavy atom. The summed E-state index contributed by atoms with van der Waals surface area (Å²) < 4.78 is 52.0. The summed E-state index contributed by atoms with van der Waals surface area (Å²) >= 11 is 0. The highest BCUT2D eigenvalue weighted by Crippen LogP contribution is 2.38. The van der Waals surface area contributed by atoms with E-state index in [4.69, 9.17) is 9.31 Å². The molecule has 0 spiro atoms. The van der Waals surface area contributed by atoms with Crippen LogP contribution in [0.4, 0.5) is 13.2 Å². The molecule has 0 unspecified atom stereocenters. The van der Waals surface area contributed by atoms with E-state index in [9.17, 15) is 13.2 Å². The molecule has 1 aromatic carbocycles. The van der Waals surface area contributed by atoms with Crippen LogP contribution in [0.25, 0.3) is 11.3 Å². The van der Waals surface area contributed by atoms with Gasteiger partial charge < -0.3 is 9.31 Å². The van der Waals surface area contributed by atoms with E-state index in [0.29, 0.717) is 11.4 Å². The van der Waals surface area contributed by atoms with Gasteiger partial charge in [0.1, 0.15) is 5.82 Å². The number of benzene rings is 1. The Labute approximate surface area is 150 Å². The van der Waals surface area contributed by atoms with E-state index in [-0.39, 0.29) is 11.3 Å². The van der Waals surface area contributed by atoms with Crippen molar-refractivity contribution in [1.82, 2.24) is 9.97 Å². The molecule has 1 fully saturated rings. The smallest absolute Gasteiger partial charge is 0.398 e. The number of aryl methyl sites for hydroxylation is 1. The molecular formula is C18H20BF3N2O2. The molecule has 8 heteroatoms. The van der Waals surface area contributed by atoms with Gasteiger partial charge >= 0.3 is 13.3 Å². The van der Waals surface area contributed by atoms with Crippen LogP contribution in [0.3, 0.4) is 0 Å². The fraction of sp³-hybridized carbons (Fsp3) is 0.444. The zero-order valence-electron chi connectivity index (χ0n) is 15.3. The average molecular weight is 364 g/mol. The minimum atomic E-state index is -4.47. The summed E-state index contributed by atoms with van der Waals surface area (Å²) in [4.78, 5) is 8.52. The van der Waals surface area contributed by atoms with Gasteiger partial charge in [-0.15, -0.1) is 0 Å². The van der Waals surface area contributed by atoms with Crippen molar-refractivity contribution in [3.05, 3.63) is 41.7 Å². The molecule has 0 N–H and O–H groups in total. The monoisotopic (exact) mass is 364 g/mol. The molecule has 138 valence electrons. The molecule has 2 aromatic rings. The number of alkyl halides is 3. The van der Waals surface area contributed by atoms with Crippen LogP contribution in [0.5, 0.6) is 0 Å². The van der Waals surface area contributed by atoms with Gasteiger partial charge in [-0.1, -0.05) is 18.2 Å². The van der Waals surface area contributed by atoms with Gasteiger partial charge in [0.15, 0.2) is 0 Å². The van der Waals surface area contributed by atoms with Gasteiger partial charge in [0.05, 0.1) is 28.1 Å². The van der Waals surface area contributed by atoms with Crippen molar-refractivity contribution in [2.75, 3.05) is 0 Å². The van der Waals surface area contributed by atoms with Crippen LogP contribution in [0, 0.1) is 6.92 Å². The van der Waals surface area contributed by atoms with Gasteiger partial charge in [-0.05, 0) is 46.8 Å². The van der Waals surface area contributed by atoms with Crippen LogP contribution in [-0.2, 0) is 15.5 Å². The second-order valence-electron chi connectivity index (χ2n) is 7.36. The van der Waals surface area contributed by atoms with E-state index in [1.807, 2.05) is 27.7 Å². The Hall–Kier alpha value is -1.93. The standard InChI is InChI=1S/C18H20BF3N2O2/c1-11-23-14(12-8-6-7-9-13(12)18(20,21)22)10-15(24-11)19-25-16(2,3)17(4,5)26-19/h6-10H,1-5H3. The number of aromatic nitrogens is 2. The largest absolute Gasteiger partial charge is 0.514 e. The molecule has 0 aliphatic carbocycles. The quantitative estimate of drug-likeness (QED) is 0.761. The summed E-state index contributed by atoms with van der Waals surface area (Å²) in [5.41, 5.74) is -1.28. The third-order valence-electron chi connectivity index (χ3n) is 4.86. The summed E-state index contributed by atoms with van der Waals surface area (Å²) in [6.07, 6.45) is -4.47. The number of hydrogen-bond donors (Lipinski definition) is 0. The predicted octanol–water partition coefficient (Wildman–Crippen LogP) is 3.77. The topological polar surface area (TPSA) is 44.2 Å². The zero-order chi connectivity index (χ0) is 19.3. The van der Waals surface area contributed by atoms with Gasteiger partial charge in [-0.3, -0.25) is 0 Å². The highest BCUT2D eigenvalue weighted by Gasteiger charge is 2.52. The Kier molecular flexibility index (Phi) is 4.39. The fourth-order valence-corrected chi connectivity index (χ4v) is 2.77. The third-order valence-corrected chi connectivity index (χ3v) is 4.86. The van der Waals surface area contributed by atoms with Crippen LogP contribution in [-0.4, -0.2) is 28.3 Å². The molecule has 3 rings (SSSR count). The van der Waals surface area contributed by atoms with E-state index >= 15 is 0 Å². The van der Waals surface area contributed by atoms with Crippen LogP contribution >= 0.6 is 0 Å². The van der Waals surface area contributed by atoms with Crippen molar-refractivity contribution in [1.29, 1.82) is 0 Å². The first-order valence-electron chi connectivity index (χ1n) is 8.28. The maximum absolute atomic E-state index is 13.3. The number of hydrogen-bond acceptors (Lipinski definition) is 4. The lowest BCUT2D eigenvalue weighted by Crippen LogP contribution is -2.41. The van der Waals surface area contributed by atoms with Crippen LogP contribution in [0.2, 0.25) is 0 Å². The lowest BCUT2D eigenvalue weighted by molar-refractivity contribution is -0.137. The maximum atomic E-state index is 13.3. The summed E-state index contributed by atoms with van der Waals surface area (Å²) in [5.74, 6) is 0.351. The predicted molar refractivity (Wildman–Crippen MR) is 92.9 cm³/mol. The molecule has 2 heterocycles. The summed E-state index contributed by atoms with van der Waals surface area (Å²) in [6.45, 7) is 9.25. The highest BCUT2D eigenvalue weighted by atomic mass is 19.4. The Balaban J connectivity index is 2.06. The SMILES string of the molecule is Cc1nc(B2OC(C)(C)C(C)(C)O2)cc(-c2ccccc2C(F)(F)F)n1. The molecular weight excluding hydrogens is 344 g/mol. The van der Waals surface area contributed by atoms with E-state index in [1.54, 1.807) is 13.0 Å². The van der Waals surface area contributed by atoms with Crippen molar-refractivity contribution in [2.24, 2.45) is 0 Å². The van der Waals surface area contributed by atoms with Crippen molar-refractivity contribution in [2.45, 2.75) is 52.0 Å². The van der Waals surface area contributed by atoms with Gasteiger partial charge in [-0.25, -0.2) is 9.97 Å². The summed E-state index contributed by atoms with van der Waals surface area (Å²) in [5, 5.41) is 0. The molecule has 0 amide bonds. The summed E-state index contributed by atoms with van der Waals surface area (Å²) in [7, 11) is -0.765. The van der Waals surface area contributed by atoms with Crippen molar-refractivity contribution >= 4 is 12.7 Å². The van der Waals surface area contributed by atoms with Crippen molar-refractivity contribution in [3.63, 3.8) is 0 Å². The van der Waals surface area contributed by atoms with Crippen LogP contribution in [0.15, 0.2) is 30.3 Å². The first kappa shape index (κ1) is 18.9. The van der Waals surface area contributed by atoms with Gasteiger partial charge in [0.2, 0.25) is 0 Å². The molecule has 1 aliphatic rings. The Morgan fingerprint density at radius 2 is 1.54 bits per heavy atom. The van der Waals surface area contributed by atoms with Crippen LogP contribution in [0.1, 0.15) is 39.1 Å². The molecule has 4 nitrogen and oxygen atoms in total. The molecule has 26 heavy (non-hydrogen) atoms. The molecule has 0 bridgehead atoms.